The van der Waals surface area contributed by atoms with Crippen molar-refractivity contribution >= 4 is 56.9 Å². The Labute approximate surface area is 154 Å². The number of hydrazone groups is 1. The number of nitrogens with one attached hydrogen (secondary N) is 1. The SMILES string of the molecule is O=C(N/N=C/c1cc([N+](=O)[O-])cc(Br)c1O)c1ccc(Cl)cc1Cl. The monoisotopic (exact) mass is 431 g/mol. The molecule has 0 radical (unpaired) electrons. The Morgan fingerprint density at radius 1 is 1.33 bits per heavy atom. The zero-order valence-electron chi connectivity index (χ0n) is 11.7. The normalized spacial score (nSPS) is 10.8. The molecule has 0 saturated heterocycles. The number of halogens is 3. The number of non-ortho nitro benzene ring substituents is 1. The third-order valence-corrected chi connectivity index (χ3v) is 3.99. The van der Waals surface area contributed by atoms with E-state index in [9.17, 15) is 20.0 Å². The van der Waals surface area contributed by atoms with Crippen LogP contribution >= 0.6 is 39.1 Å². The van der Waals surface area contributed by atoms with E-state index in [4.69, 9.17) is 23.2 Å². The molecule has 10 heteroatoms. The molecule has 2 N–H and O–H groups in total. The summed E-state index contributed by atoms with van der Waals surface area (Å²) < 4.78 is 0.130. The summed E-state index contributed by atoms with van der Waals surface area (Å²) in [5.41, 5.74) is 2.18. The molecule has 0 aliphatic heterocycles. The van der Waals surface area contributed by atoms with Gasteiger partial charge in [-0.15, -0.1) is 0 Å². The Morgan fingerprint density at radius 2 is 2.04 bits per heavy atom. The van der Waals surface area contributed by atoms with Crippen molar-refractivity contribution in [2.24, 2.45) is 5.10 Å². The molecule has 0 spiro atoms. The molecule has 0 aliphatic rings. The second-order valence-corrected chi connectivity index (χ2v) is 6.14. The number of nitro benzene ring substituents is 1. The molecule has 0 aromatic heterocycles. The maximum absolute atomic E-state index is 12.0. The summed E-state index contributed by atoms with van der Waals surface area (Å²) in [4.78, 5) is 22.2. The lowest BCUT2D eigenvalue weighted by Gasteiger charge is -2.04. The number of carbonyl (C=O) groups excluding carboxylic acids is 1. The largest absolute Gasteiger partial charge is 0.506 e. The molecule has 0 fully saturated rings. The molecule has 0 saturated carbocycles. The van der Waals surface area contributed by atoms with Gasteiger partial charge in [0.05, 0.1) is 26.2 Å². The van der Waals surface area contributed by atoms with Crippen LogP contribution in [0.3, 0.4) is 0 Å². The van der Waals surface area contributed by atoms with Crippen LogP contribution < -0.4 is 5.43 Å². The fraction of sp³-hybridized carbons (Fsp3) is 0. The van der Waals surface area contributed by atoms with Crippen LogP contribution in [0.25, 0.3) is 0 Å². The molecular formula is C14H8BrCl2N3O4. The van der Waals surface area contributed by atoms with Gasteiger partial charge in [-0.2, -0.15) is 5.10 Å². The molecule has 124 valence electrons. The van der Waals surface area contributed by atoms with Crippen LogP contribution in [0.15, 0.2) is 39.9 Å². The summed E-state index contributed by atoms with van der Waals surface area (Å²) in [6, 6.07) is 6.60. The third-order valence-electron chi connectivity index (χ3n) is 2.83. The number of phenols is 1. The maximum atomic E-state index is 12.0. The van der Waals surface area contributed by atoms with Crippen molar-refractivity contribution in [3.05, 3.63) is 66.1 Å². The highest BCUT2D eigenvalue weighted by Gasteiger charge is 2.14. The highest BCUT2D eigenvalue weighted by molar-refractivity contribution is 9.10. The van der Waals surface area contributed by atoms with Crippen LogP contribution in [0.1, 0.15) is 15.9 Å². The lowest BCUT2D eigenvalue weighted by molar-refractivity contribution is -0.385. The minimum Gasteiger partial charge on any atom is -0.506 e. The lowest BCUT2D eigenvalue weighted by atomic mass is 10.2. The lowest BCUT2D eigenvalue weighted by Crippen LogP contribution is -2.18. The predicted octanol–water partition coefficient (Wildman–Crippen LogP) is 4.13. The van der Waals surface area contributed by atoms with E-state index in [0.717, 1.165) is 18.3 Å². The van der Waals surface area contributed by atoms with Gasteiger partial charge in [0, 0.05) is 22.7 Å². The van der Waals surface area contributed by atoms with E-state index >= 15 is 0 Å². The Kier molecular flexibility index (Phi) is 5.76. The van der Waals surface area contributed by atoms with Gasteiger partial charge in [0.1, 0.15) is 5.75 Å². The smallest absolute Gasteiger partial charge is 0.272 e. The summed E-state index contributed by atoms with van der Waals surface area (Å²) in [5.74, 6) is -0.847. The standard InChI is InChI=1S/C14H8BrCl2N3O4/c15-11-5-9(20(23)24)3-7(13(11)21)6-18-19-14(22)10-2-1-8(16)4-12(10)17/h1-6,21H,(H,19,22)/b18-6+. The van der Waals surface area contributed by atoms with Crippen molar-refractivity contribution < 1.29 is 14.8 Å². The van der Waals surface area contributed by atoms with Crippen LogP contribution in [0, 0.1) is 10.1 Å². The number of aromatic hydroxyl groups is 1. The average molecular weight is 433 g/mol. The van der Waals surface area contributed by atoms with Crippen LogP contribution in [0.5, 0.6) is 5.75 Å². The summed E-state index contributed by atoms with van der Waals surface area (Å²) in [6.07, 6.45) is 1.08. The van der Waals surface area contributed by atoms with Crippen molar-refractivity contribution in [1.29, 1.82) is 0 Å². The Bertz CT molecular complexity index is 858. The summed E-state index contributed by atoms with van der Waals surface area (Å²) in [5, 5.41) is 24.9. The van der Waals surface area contributed by atoms with Gasteiger partial charge in [0.15, 0.2) is 0 Å². The van der Waals surface area contributed by atoms with Gasteiger partial charge >= 0.3 is 0 Å². The molecule has 0 atom stereocenters. The van der Waals surface area contributed by atoms with Crippen LogP contribution in [-0.2, 0) is 0 Å². The van der Waals surface area contributed by atoms with Gasteiger partial charge in [0.25, 0.3) is 11.6 Å². The average Bonchev–Trinajstić information content (AvgIpc) is 2.50. The molecule has 2 aromatic rings. The van der Waals surface area contributed by atoms with Crippen molar-refractivity contribution in [1.82, 2.24) is 5.43 Å². The van der Waals surface area contributed by atoms with E-state index in [2.05, 4.69) is 26.5 Å². The number of nitrogens with zero attached hydrogens (tertiary/aromatic N) is 2. The van der Waals surface area contributed by atoms with E-state index in [1.165, 1.54) is 18.2 Å². The molecule has 0 aliphatic carbocycles. The van der Waals surface area contributed by atoms with E-state index in [-0.39, 0.29) is 32.1 Å². The second-order valence-electron chi connectivity index (χ2n) is 4.45. The van der Waals surface area contributed by atoms with Crippen molar-refractivity contribution in [3.8, 4) is 5.75 Å². The van der Waals surface area contributed by atoms with E-state index in [1.54, 1.807) is 0 Å². The van der Waals surface area contributed by atoms with Gasteiger partial charge < -0.3 is 5.11 Å². The quantitative estimate of drug-likeness (QED) is 0.430. The molecule has 0 heterocycles. The minimum absolute atomic E-state index is 0.0542. The van der Waals surface area contributed by atoms with Gasteiger partial charge in [-0.25, -0.2) is 5.43 Å². The number of phenolic OH excluding ortho intramolecular Hbond substituents is 1. The van der Waals surface area contributed by atoms with Crippen molar-refractivity contribution in [2.75, 3.05) is 0 Å². The highest BCUT2D eigenvalue weighted by atomic mass is 79.9. The fourth-order valence-electron chi connectivity index (χ4n) is 1.70. The zero-order valence-corrected chi connectivity index (χ0v) is 14.8. The van der Waals surface area contributed by atoms with Crippen LogP contribution in [0.4, 0.5) is 5.69 Å². The maximum Gasteiger partial charge on any atom is 0.272 e. The van der Waals surface area contributed by atoms with E-state index in [0.29, 0.717) is 5.02 Å². The molecular weight excluding hydrogens is 425 g/mol. The number of nitro groups is 1. The summed E-state index contributed by atoms with van der Waals surface area (Å²) >= 11 is 14.7. The minimum atomic E-state index is -0.617. The first-order chi connectivity index (χ1) is 11.3. The first kappa shape index (κ1) is 18.2. The van der Waals surface area contributed by atoms with Crippen LogP contribution in [0.2, 0.25) is 10.0 Å². The third kappa shape index (κ3) is 4.22. The first-order valence-corrected chi connectivity index (χ1v) is 7.80. The van der Waals surface area contributed by atoms with Crippen molar-refractivity contribution in [2.45, 2.75) is 0 Å². The summed E-state index contributed by atoms with van der Waals surface area (Å²) in [7, 11) is 0. The topological polar surface area (TPSA) is 105 Å². The number of amides is 1. The molecule has 0 bridgehead atoms. The number of benzene rings is 2. The molecule has 24 heavy (non-hydrogen) atoms. The molecule has 0 unspecified atom stereocenters. The second kappa shape index (κ2) is 7.61. The number of hydrogen-bond acceptors (Lipinski definition) is 5. The predicted molar refractivity (Wildman–Crippen MR) is 94.0 cm³/mol. The molecule has 2 aromatic carbocycles. The molecule has 1 amide bonds. The number of rotatable bonds is 4. The van der Waals surface area contributed by atoms with Gasteiger partial charge in [-0.3, -0.25) is 14.9 Å². The van der Waals surface area contributed by atoms with Gasteiger partial charge in [-0.1, -0.05) is 23.2 Å². The van der Waals surface area contributed by atoms with E-state index < -0.39 is 10.8 Å². The Morgan fingerprint density at radius 3 is 2.67 bits per heavy atom. The van der Waals surface area contributed by atoms with Gasteiger partial charge in [-0.05, 0) is 34.1 Å². The van der Waals surface area contributed by atoms with Crippen molar-refractivity contribution in [3.63, 3.8) is 0 Å². The fourth-order valence-corrected chi connectivity index (χ4v) is 2.66. The molecule has 7 nitrogen and oxygen atoms in total. The number of carbonyl (C=O) groups is 1. The number of hydrogen-bond donors (Lipinski definition) is 2. The van der Waals surface area contributed by atoms with E-state index in [1.807, 2.05) is 0 Å². The zero-order chi connectivity index (χ0) is 17.9. The Hall–Kier alpha value is -2.16. The Balaban J connectivity index is 2.20. The van der Waals surface area contributed by atoms with Crippen LogP contribution in [-0.4, -0.2) is 22.2 Å². The first-order valence-electron chi connectivity index (χ1n) is 6.25. The van der Waals surface area contributed by atoms with Gasteiger partial charge in [0.2, 0.25) is 0 Å². The summed E-state index contributed by atoms with van der Waals surface area (Å²) in [6.45, 7) is 0. The molecule has 2 rings (SSSR count). The highest BCUT2D eigenvalue weighted by Crippen LogP contribution is 2.31.